The summed E-state index contributed by atoms with van der Waals surface area (Å²) in [6.07, 6.45) is 5.66. The summed E-state index contributed by atoms with van der Waals surface area (Å²) >= 11 is 0. The lowest BCUT2D eigenvalue weighted by molar-refractivity contribution is 0.453. The van der Waals surface area contributed by atoms with Gasteiger partial charge in [-0.2, -0.15) is 5.10 Å². The van der Waals surface area contributed by atoms with Crippen LogP contribution >= 0.6 is 0 Å². The fourth-order valence-electron chi connectivity index (χ4n) is 4.35. The van der Waals surface area contributed by atoms with Crippen LogP contribution in [0.2, 0.25) is 0 Å². The van der Waals surface area contributed by atoms with Gasteiger partial charge in [-0.1, -0.05) is 12.1 Å². The minimum Gasteiger partial charge on any atom is -0.336 e. The number of nitrogens with zero attached hydrogens (tertiary/aromatic N) is 4. The first kappa shape index (κ1) is 18.1. The van der Waals surface area contributed by atoms with Gasteiger partial charge in [-0.3, -0.25) is 15.1 Å². The quantitative estimate of drug-likeness (QED) is 0.413. The van der Waals surface area contributed by atoms with Gasteiger partial charge in [-0.15, -0.1) is 0 Å². The Hall–Kier alpha value is -3.65. The van der Waals surface area contributed by atoms with Crippen LogP contribution in [-0.2, 0) is 0 Å². The standard InChI is InChI=1S/C23H20FN7/c24-16-4-2-1-3-14(16)20-22-17(7-10-26-20)28-23(29-22)21-15-11-18(13-5-8-25-9-6-13)27-12-19(15)30-31-21/h1-4,7,10-13,25H,5-6,8-9H2,(H,28,29)(H,30,31). The Morgan fingerprint density at radius 1 is 0.968 bits per heavy atom. The van der Waals surface area contributed by atoms with Crippen molar-refractivity contribution in [2.45, 2.75) is 18.8 Å². The molecule has 3 N–H and O–H groups in total. The third-order valence-corrected chi connectivity index (χ3v) is 5.98. The summed E-state index contributed by atoms with van der Waals surface area (Å²) in [5.74, 6) is 0.741. The number of fused-ring (bicyclic) bond motifs is 2. The Kier molecular flexibility index (Phi) is 4.24. The molecule has 6 rings (SSSR count). The topological polar surface area (TPSA) is 95.2 Å². The zero-order chi connectivity index (χ0) is 20.8. The van der Waals surface area contributed by atoms with Gasteiger partial charge in [-0.25, -0.2) is 9.37 Å². The van der Waals surface area contributed by atoms with E-state index in [4.69, 9.17) is 4.98 Å². The van der Waals surface area contributed by atoms with E-state index in [9.17, 15) is 4.39 Å². The minimum atomic E-state index is -0.324. The van der Waals surface area contributed by atoms with Gasteiger partial charge in [0.05, 0.1) is 17.2 Å². The first-order valence-electron chi connectivity index (χ1n) is 10.4. The van der Waals surface area contributed by atoms with E-state index in [0.29, 0.717) is 28.5 Å². The van der Waals surface area contributed by atoms with E-state index >= 15 is 0 Å². The average molecular weight is 413 g/mol. The van der Waals surface area contributed by atoms with E-state index in [-0.39, 0.29) is 5.82 Å². The second kappa shape index (κ2) is 7.24. The van der Waals surface area contributed by atoms with Crippen molar-refractivity contribution in [3.05, 3.63) is 60.3 Å². The molecule has 5 aromatic rings. The predicted molar refractivity (Wildman–Crippen MR) is 117 cm³/mol. The van der Waals surface area contributed by atoms with Crippen LogP contribution in [0.25, 0.3) is 44.7 Å². The van der Waals surface area contributed by atoms with Gasteiger partial charge in [0.15, 0.2) is 5.82 Å². The lowest BCUT2D eigenvalue weighted by atomic mass is 9.93. The van der Waals surface area contributed by atoms with Crippen molar-refractivity contribution < 1.29 is 4.39 Å². The molecule has 1 fully saturated rings. The van der Waals surface area contributed by atoms with E-state index in [1.54, 1.807) is 24.4 Å². The third-order valence-electron chi connectivity index (χ3n) is 5.98. The first-order valence-corrected chi connectivity index (χ1v) is 10.4. The van der Waals surface area contributed by atoms with Crippen LogP contribution in [-0.4, -0.2) is 43.2 Å². The van der Waals surface area contributed by atoms with Crippen molar-refractivity contribution in [2.75, 3.05) is 13.1 Å². The fourth-order valence-corrected chi connectivity index (χ4v) is 4.35. The van der Waals surface area contributed by atoms with Gasteiger partial charge in [0, 0.05) is 28.8 Å². The van der Waals surface area contributed by atoms with Gasteiger partial charge < -0.3 is 10.3 Å². The van der Waals surface area contributed by atoms with Crippen molar-refractivity contribution in [1.29, 1.82) is 0 Å². The summed E-state index contributed by atoms with van der Waals surface area (Å²) in [7, 11) is 0. The lowest BCUT2D eigenvalue weighted by Crippen LogP contribution is -2.27. The molecule has 0 spiro atoms. The first-order chi connectivity index (χ1) is 15.3. The molecule has 31 heavy (non-hydrogen) atoms. The van der Waals surface area contributed by atoms with E-state index < -0.39 is 0 Å². The van der Waals surface area contributed by atoms with Crippen molar-refractivity contribution >= 4 is 21.9 Å². The second-order valence-corrected chi connectivity index (χ2v) is 7.87. The molecule has 1 aliphatic rings. The number of hydrogen-bond acceptors (Lipinski definition) is 5. The van der Waals surface area contributed by atoms with Crippen molar-refractivity contribution in [3.63, 3.8) is 0 Å². The fraction of sp³-hybridized carbons (Fsp3) is 0.217. The molecular weight excluding hydrogens is 393 g/mol. The van der Waals surface area contributed by atoms with Crippen LogP contribution in [0, 0.1) is 5.82 Å². The molecule has 4 aromatic heterocycles. The van der Waals surface area contributed by atoms with Crippen LogP contribution in [0.15, 0.2) is 48.8 Å². The number of hydrogen-bond donors (Lipinski definition) is 3. The number of nitrogens with one attached hydrogen (secondary N) is 3. The molecule has 0 atom stereocenters. The lowest BCUT2D eigenvalue weighted by Gasteiger charge is -2.21. The number of imidazole rings is 1. The predicted octanol–water partition coefficient (Wildman–Crippen LogP) is 4.17. The summed E-state index contributed by atoms with van der Waals surface area (Å²) < 4.78 is 14.4. The monoisotopic (exact) mass is 413 g/mol. The average Bonchev–Trinajstić information content (AvgIpc) is 3.43. The van der Waals surface area contributed by atoms with E-state index in [1.165, 1.54) is 6.07 Å². The Labute approximate surface area is 177 Å². The minimum absolute atomic E-state index is 0.324. The highest BCUT2D eigenvalue weighted by Crippen LogP contribution is 2.32. The molecular formula is C23H20FN7. The van der Waals surface area contributed by atoms with Gasteiger partial charge >= 0.3 is 0 Å². The molecule has 0 bridgehead atoms. The van der Waals surface area contributed by atoms with Crippen LogP contribution in [0.3, 0.4) is 0 Å². The zero-order valence-corrected chi connectivity index (χ0v) is 16.7. The number of pyridine rings is 2. The van der Waals surface area contributed by atoms with Crippen LogP contribution in [0.1, 0.15) is 24.5 Å². The van der Waals surface area contributed by atoms with Gasteiger partial charge in [-0.05, 0) is 50.2 Å². The molecule has 0 aliphatic carbocycles. The molecule has 1 saturated heterocycles. The van der Waals surface area contributed by atoms with Crippen LogP contribution in [0.4, 0.5) is 4.39 Å². The van der Waals surface area contributed by atoms with E-state index in [2.05, 4.69) is 36.5 Å². The number of aromatic nitrogens is 6. The van der Waals surface area contributed by atoms with Crippen molar-refractivity contribution in [2.24, 2.45) is 0 Å². The molecule has 0 amide bonds. The highest BCUT2D eigenvalue weighted by atomic mass is 19.1. The Balaban J connectivity index is 1.48. The largest absolute Gasteiger partial charge is 0.336 e. The summed E-state index contributed by atoms with van der Waals surface area (Å²) in [4.78, 5) is 17.2. The number of halogens is 1. The summed E-state index contributed by atoms with van der Waals surface area (Å²) in [5.41, 5.74) is 5.01. The molecule has 0 saturated carbocycles. The smallest absolute Gasteiger partial charge is 0.159 e. The summed E-state index contributed by atoms with van der Waals surface area (Å²) in [6.45, 7) is 2.02. The molecule has 154 valence electrons. The number of H-pyrrole nitrogens is 2. The summed E-state index contributed by atoms with van der Waals surface area (Å²) in [5, 5.41) is 11.9. The highest BCUT2D eigenvalue weighted by Gasteiger charge is 2.20. The molecule has 1 aliphatic heterocycles. The second-order valence-electron chi connectivity index (χ2n) is 7.87. The number of benzene rings is 1. The van der Waals surface area contributed by atoms with Gasteiger partial charge in [0.1, 0.15) is 22.7 Å². The maximum Gasteiger partial charge on any atom is 0.159 e. The molecule has 0 radical (unpaired) electrons. The SMILES string of the molecule is Fc1ccccc1-c1nccc2[nH]c(-c3n[nH]c4cnc(C5CCNCC5)cc34)nc12. The molecule has 5 heterocycles. The molecule has 1 aromatic carbocycles. The Morgan fingerprint density at radius 2 is 1.84 bits per heavy atom. The highest BCUT2D eigenvalue weighted by molar-refractivity contribution is 5.95. The van der Waals surface area contributed by atoms with Crippen LogP contribution in [0.5, 0.6) is 0 Å². The molecule has 0 unspecified atom stereocenters. The molecule has 7 nitrogen and oxygen atoms in total. The zero-order valence-electron chi connectivity index (χ0n) is 16.7. The van der Waals surface area contributed by atoms with Gasteiger partial charge in [0.25, 0.3) is 0 Å². The number of piperidine rings is 1. The van der Waals surface area contributed by atoms with E-state index in [0.717, 1.165) is 53.7 Å². The number of rotatable bonds is 3. The maximum atomic E-state index is 14.4. The molecule has 8 heteroatoms. The number of aromatic amines is 2. The summed E-state index contributed by atoms with van der Waals surface area (Å²) in [6, 6.07) is 10.6. The Bertz CT molecular complexity index is 1400. The normalized spacial score (nSPS) is 15.1. The van der Waals surface area contributed by atoms with E-state index in [1.807, 2.05) is 12.3 Å². The third kappa shape index (κ3) is 3.07. The van der Waals surface area contributed by atoms with Gasteiger partial charge in [0.2, 0.25) is 0 Å². The maximum absolute atomic E-state index is 14.4. The van der Waals surface area contributed by atoms with Crippen molar-refractivity contribution in [3.8, 4) is 22.8 Å². The Morgan fingerprint density at radius 3 is 2.71 bits per heavy atom. The van der Waals surface area contributed by atoms with Crippen LogP contribution < -0.4 is 5.32 Å². The van der Waals surface area contributed by atoms with Crippen molar-refractivity contribution in [1.82, 2.24) is 35.5 Å².